The maximum atomic E-state index is 5.97. The van der Waals surface area contributed by atoms with E-state index in [-0.39, 0.29) is 0 Å². The first kappa shape index (κ1) is 10.2. The average Bonchev–Trinajstić information content (AvgIpc) is 2.92. The van der Waals surface area contributed by atoms with E-state index in [0.717, 1.165) is 10.0 Å². The Balaban J connectivity index is 2.44. The SMILES string of the molecule is Nc1cc2c3ccccc3c3cc(N)sc3c2s1. The van der Waals surface area contributed by atoms with Crippen LogP contribution in [0, 0.1) is 0 Å². The molecule has 0 amide bonds. The van der Waals surface area contributed by atoms with Crippen molar-refractivity contribution in [2.75, 3.05) is 11.5 Å². The van der Waals surface area contributed by atoms with E-state index in [0.29, 0.717) is 0 Å². The molecular formula is C14H10N2S2. The molecule has 0 saturated carbocycles. The Labute approximate surface area is 111 Å². The van der Waals surface area contributed by atoms with Gasteiger partial charge < -0.3 is 11.5 Å². The molecule has 0 unspecified atom stereocenters. The summed E-state index contributed by atoms with van der Waals surface area (Å²) in [5.41, 5.74) is 11.9. The minimum absolute atomic E-state index is 0.856. The van der Waals surface area contributed by atoms with Gasteiger partial charge in [-0.2, -0.15) is 0 Å². The summed E-state index contributed by atoms with van der Waals surface area (Å²) >= 11 is 3.28. The Kier molecular flexibility index (Phi) is 1.90. The highest BCUT2D eigenvalue weighted by Gasteiger charge is 2.12. The van der Waals surface area contributed by atoms with Crippen LogP contribution in [-0.2, 0) is 0 Å². The van der Waals surface area contributed by atoms with Gasteiger partial charge in [0.15, 0.2) is 0 Å². The van der Waals surface area contributed by atoms with Crippen LogP contribution in [0.2, 0.25) is 0 Å². The van der Waals surface area contributed by atoms with Gasteiger partial charge in [0.1, 0.15) is 0 Å². The fraction of sp³-hybridized carbons (Fsp3) is 0. The normalized spacial score (nSPS) is 11.8. The van der Waals surface area contributed by atoms with Gasteiger partial charge >= 0.3 is 0 Å². The van der Waals surface area contributed by atoms with Gasteiger partial charge in [-0.15, -0.1) is 22.7 Å². The molecule has 18 heavy (non-hydrogen) atoms. The van der Waals surface area contributed by atoms with Crippen molar-refractivity contribution in [3.63, 3.8) is 0 Å². The fourth-order valence-corrected chi connectivity index (χ4v) is 4.55. The molecule has 2 heterocycles. The quantitative estimate of drug-likeness (QED) is 0.496. The molecule has 2 aromatic heterocycles. The highest BCUT2D eigenvalue weighted by Crippen LogP contribution is 2.44. The third kappa shape index (κ3) is 1.22. The molecule has 4 heteroatoms. The van der Waals surface area contributed by atoms with E-state index in [9.17, 15) is 0 Å². The summed E-state index contributed by atoms with van der Waals surface area (Å²) in [6.45, 7) is 0. The summed E-state index contributed by atoms with van der Waals surface area (Å²) < 4.78 is 2.51. The van der Waals surface area contributed by atoms with E-state index in [1.165, 1.54) is 30.9 Å². The number of hydrogen-bond donors (Lipinski definition) is 2. The number of nitrogen functional groups attached to an aromatic ring is 2. The number of nitrogens with two attached hydrogens (primary N) is 2. The lowest BCUT2D eigenvalue weighted by Crippen LogP contribution is -1.76. The Bertz CT molecular complexity index is 827. The molecule has 0 aliphatic heterocycles. The zero-order chi connectivity index (χ0) is 12.3. The van der Waals surface area contributed by atoms with Crippen molar-refractivity contribution in [3.05, 3.63) is 36.4 Å². The minimum Gasteiger partial charge on any atom is -0.391 e. The molecule has 4 aromatic rings. The maximum Gasteiger partial charge on any atom is 0.0869 e. The van der Waals surface area contributed by atoms with Gasteiger partial charge in [0.05, 0.1) is 19.4 Å². The second kappa shape index (κ2) is 3.37. The maximum absolute atomic E-state index is 5.97. The van der Waals surface area contributed by atoms with E-state index in [1.807, 2.05) is 0 Å². The van der Waals surface area contributed by atoms with Crippen molar-refractivity contribution in [2.24, 2.45) is 0 Å². The van der Waals surface area contributed by atoms with Crippen molar-refractivity contribution in [3.8, 4) is 0 Å². The topological polar surface area (TPSA) is 52.0 Å². The van der Waals surface area contributed by atoms with Crippen LogP contribution in [0.5, 0.6) is 0 Å². The number of benzene rings is 2. The first-order valence-corrected chi connectivity index (χ1v) is 7.26. The highest BCUT2D eigenvalue weighted by molar-refractivity contribution is 7.30. The third-order valence-corrected chi connectivity index (χ3v) is 5.31. The van der Waals surface area contributed by atoms with Gasteiger partial charge in [0.25, 0.3) is 0 Å². The van der Waals surface area contributed by atoms with Gasteiger partial charge in [-0.1, -0.05) is 24.3 Å². The Morgan fingerprint density at radius 2 is 1.11 bits per heavy atom. The molecule has 0 aliphatic rings. The van der Waals surface area contributed by atoms with E-state index in [4.69, 9.17) is 11.5 Å². The Morgan fingerprint density at radius 3 is 1.56 bits per heavy atom. The van der Waals surface area contributed by atoms with Crippen LogP contribution in [0.15, 0.2) is 36.4 Å². The van der Waals surface area contributed by atoms with Crippen molar-refractivity contribution < 1.29 is 0 Å². The number of hydrogen-bond acceptors (Lipinski definition) is 4. The van der Waals surface area contributed by atoms with Crippen LogP contribution in [0.3, 0.4) is 0 Å². The van der Waals surface area contributed by atoms with Gasteiger partial charge in [-0.25, -0.2) is 0 Å². The number of fused-ring (bicyclic) bond motifs is 6. The van der Waals surface area contributed by atoms with E-state index >= 15 is 0 Å². The Morgan fingerprint density at radius 1 is 0.667 bits per heavy atom. The number of anilines is 2. The largest absolute Gasteiger partial charge is 0.391 e. The van der Waals surface area contributed by atoms with Crippen molar-refractivity contribution in [1.82, 2.24) is 0 Å². The van der Waals surface area contributed by atoms with E-state index in [1.54, 1.807) is 22.7 Å². The van der Waals surface area contributed by atoms with Crippen molar-refractivity contribution in [1.29, 1.82) is 0 Å². The summed E-state index contributed by atoms with van der Waals surface area (Å²) in [7, 11) is 0. The number of rotatable bonds is 0. The smallest absolute Gasteiger partial charge is 0.0869 e. The summed E-state index contributed by atoms with van der Waals surface area (Å²) in [6.07, 6.45) is 0. The minimum atomic E-state index is 0.856. The number of thiophene rings is 2. The predicted octanol–water partition coefficient (Wildman–Crippen LogP) is 4.43. The summed E-state index contributed by atoms with van der Waals surface area (Å²) in [4.78, 5) is 0. The van der Waals surface area contributed by atoms with Crippen LogP contribution in [-0.4, -0.2) is 0 Å². The van der Waals surface area contributed by atoms with Gasteiger partial charge in [-0.3, -0.25) is 0 Å². The van der Waals surface area contributed by atoms with Crippen LogP contribution >= 0.6 is 22.7 Å². The molecule has 0 saturated heterocycles. The molecule has 4 rings (SSSR count). The van der Waals surface area contributed by atoms with Gasteiger partial charge in [-0.05, 0) is 22.9 Å². The van der Waals surface area contributed by atoms with E-state index in [2.05, 4.69) is 36.4 Å². The monoisotopic (exact) mass is 270 g/mol. The predicted molar refractivity (Wildman–Crippen MR) is 83.5 cm³/mol. The lowest BCUT2D eigenvalue weighted by Gasteiger charge is -2.01. The standard InChI is InChI=1S/C14H10N2S2/c15-11-5-9-7-3-1-2-4-8(7)10-6-12(16)18-14(10)13(9)17-11/h1-6H,15-16H2. The second-order valence-electron chi connectivity index (χ2n) is 4.33. The molecule has 0 bridgehead atoms. The van der Waals surface area contributed by atoms with Crippen molar-refractivity contribution >= 4 is 63.6 Å². The molecule has 4 N–H and O–H groups in total. The molecule has 0 spiro atoms. The van der Waals surface area contributed by atoms with Gasteiger partial charge in [0, 0.05) is 10.8 Å². The van der Waals surface area contributed by atoms with Crippen LogP contribution in [0.25, 0.3) is 30.9 Å². The van der Waals surface area contributed by atoms with E-state index < -0.39 is 0 Å². The zero-order valence-corrected chi connectivity index (χ0v) is 11.1. The van der Waals surface area contributed by atoms with Crippen molar-refractivity contribution in [2.45, 2.75) is 0 Å². The van der Waals surface area contributed by atoms with Crippen LogP contribution < -0.4 is 11.5 Å². The third-order valence-electron chi connectivity index (χ3n) is 3.22. The summed E-state index contributed by atoms with van der Waals surface area (Å²) in [5, 5.41) is 6.70. The highest BCUT2D eigenvalue weighted by atomic mass is 32.1. The summed E-state index contributed by atoms with van der Waals surface area (Å²) in [6, 6.07) is 12.6. The Hall–Kier alpha value is -1.78. The molecule has 88 valence electrons. The summed E-state index contributed by atoms with van der Waals surface area (Å²) in [5.74, 6) is 0. The molecule has 0 aliphatic carbocycles. The van der Waals surface area contributed by atoms with Crippen LogP contribution in [0.4, 0.5) is 10.0 Å². The molecule has 2 aromatic carbocycles. The van der Waals surface area contributed by atoms with Crippen LogP contribution in [0.1, 0.15) is 0 Å². The molecular weight excluding hydrogens is 260 g/mol. The fourth-order valence-electron chi connectivity index (χ4n) is 2.51. The second-order valence-corrected chi connectivity index (χ2v) is 6.50. The molecule has 0 radical (unpaired) electrons. The lowest BCUT2D eigenvalue weighted by atomic mass is 10.0. The van der Waals surface area contributed by atoms with Gasteiger partial charge in [0.2, 0.25) is 0 Å². The lowest BCUT2D eigenvalue weighted by molar-refractivity contribution is 1.84. The average molecular weight is 270 g/mol. The molecule has 0 fully saturated rings. The first-order chi connectivity index (χ1) is 8.74. The molecule has 2 nitrogen and oxygen atoms in total. The molecule has 0 atom stereocenters. The zero-order valence-electron chi connectivity index (χ0n) is 9.44. The first-order valence-electron chi connectivity index (χ1n) is 5.63.